The molecule has 4 rings (SSSR count). The number of alkyl halides is 6. The summed E-state index contributed by atoms with van der Waals surface area (Å²) in [5, 5.41) is 26.6. The van der Waals surface area contributed by atoms with Crippen molar-refractivity contribution in [1.82, 2.24) is 15.2 Å². The number of nitriles is 1. The fourth-order valence-electron chi connectivity index (χ4n) is 4.21. The Morgan fingerprint density at radius 1 is 1.02 bits per heavy atom. The van der Waals surface area contributed by atoms with Crippen molar-refractivity contribution in [2.75, 3.05) is 13.1 Å². The van der Waals surface area contributed by atoms with Crippen LogP contribution >= 0.6 is 0 Å². The van der Waals surface area contributed by atoms with Gasteiger partial charge in [0.15, 0.2) is 0 Å². The highest BCUT2D eigenvalue weighted by molar-refractivity contribution is 5.87. The minimum Gasteiger partial charge on any atom is -0.475 e. The Labute approximate surface area is 224 Å². The van der Waals surface area contributed by atoms with Crippen LogP contribution in [0.25, 0.3) is 0 Å². The second kappa shape index (κ2) is 13.2. The molecule has 40 heavy (non-hydrogen) atoms. The molecule has 2 saturated heterocycles. The first-order valence-electron chi connectivity index (χ1n) is 11.6. The first kappa shape index (κ1) is 32.0. The molecule has 1 spiro atoms. The van der Waals surface area contributed by atoms with Crippen molar-refractivity contribution in [3.8, 4) is 6.07 Å². The van der Waals surface area contributed by atoms with E-state index in [-0.39, 0.29) is 17.4 Å². The average molecular weight is 574 g/mol. The summed E-state index contributed by atoms with van der Waals surface area (Å²) in [6.07, 6.45) is -3.85. The molecular formula is C25H24F6N4O5. The standard InChI is InChI=1S/C21H22N4O.2C2HF3O2/c22-14-16-2-1-3-17(12-16)15-25-10-6-21(7-11-25)13-19(20(26)24-21)18-4-8-23-9-5-18;2*3-2(4,5)1(6)7/h1-5,8-9,12,19H,6-7,10-11,13,15H2,(H,24,26);2*(H,6,7). The Bertz CT molecular complexity index is 1200. The number of rotatable bonds is 3. The number of benzene rings is 1. The van der Waals surface area contributed by atoms with Crippen molar-refractivity contribution >= 4 is 17.8 Å². The molecule has 15 heteroatoms. The zero-order chi connectivity index (χ0) is 30.1. The number of halogens is 6. The van der Waals surface area contributed by atoms with E-state index in [4.69, 9.17) is 25.1 Å². The van der Waals surface area contributed by atoms with E-state index < -0.39 is 24.3 Å². The largest absolute Gasteiger partial charge is 0.490 e. The number of piperidine rings is 1. The van der Waals surface area contributed by atoms with Crippen molar-refractivity contribution in [3.63, 3.8) is 0 Å². The third-order valence-corrected chi connectivity index (χ3v) is 6.17. The molecule has 0 radical (unpaired) electrons. The van der Waals surface area contributed by atoms with Gasteiger partial charge in [-0.2, -0.15) is 31.6 Å². The van der Waals surface area contributed by atoms with Gasteiger partial charge in [-0.05, 0) is 54.7 Å². The molecule has 2 aromatic rings. The smallest absolute Gasteiger partial charge is 0.475 e. The van der Waals surface area contributed by atoms with Gasteiger partial charge in [0.2, 0.25) is 5.91 Å². The number of nitrogens with zero attached hydrogens (tertiary/aromatic N) is 3. The molecule has 0 bridgehead atoms. The van der Waals surface area contributed by atoms with Gasteiger partial charge < -0.3 is 15.5 Å². The highest BCUT2D eigenvalue weighted by Gasteiger charge is 2.46. The molecule has 9 nitrogen and oxygen atoms in total. The third kappa shape index (κ3) is 9.53. The van der Waals surface area contributed by atoms with Gasteiger partial charge in [-0.3, -0.25) is 14.7 Å². The number of likely N-dealkylation sites (tertiary alicyclic amines) is 1. The first-order chi connectivity index (χ1) is 18.6. The van der Waals surface area contributed by atoms with E-state index in [9.17, 15) is 31.1 Å². The topological polar surface area (TPSA) is 144 Å². The maximum atomic E-state index is 12.5. The number of carbonyl (C=O) groups is 3. The van der Waals surface area contributed by atoms with E-state index >= 15 is 0 Å². The van der Waals surface area contributed by atoms with Gasteiger partial charge in [0.25, 0.3) is 0 Å². The average Bonchev–Trinajstić information content (AvgIpc) is 3.21. The Hall–Kier alpha value is -4.19. The second-order valence-electron chi connectivity index (χ2n) is 9.00. The molecule has 1 atom stereocenters. The first-order valence-corrected chi connectivity index (χ1v) is 11.6. The number of carboxylic acid groups (broad SMARTS) is 2. The summed E-state index contributed by atoms with van der Waals surface area (Å²) >= 11 is 0. The lowest BCUT2D eigenvalue weighted by Crippen LogP contribution is -2.50. The predicted octanol–water partition coefficient (Wildman–Crippen LogP) is 3.86. The summed E-state index contributed by atoms with van der Waals surface area (Å²) < 4.78 is 63.5. The van der Waals surface area contributed by atoms with Crippen molar-refractivity contribution in [2.24, 2.45) is 0 Å². The lowest BCUT2D eigenvalue weighted by Gasteiger charge is -2.39. The molecular weight excluding hydrogens is 550 g/mol. The minimum absolute atomic E-state index is 0.0585. The van der Waals surface area contributed by atoms with Gasteiger partial charge >= 0.3 is 24.3 Å². The number of hydrogen-bond donors (Lipinski definition) is 3. The molecule has 1 unspecified atom stereocenters. The number of carbonyl (C=O) groups excluding carboxylic acids is 1. The summed E-state index contributed by atoms with van der Waals surface area (Å²) in [7, 11) is 0. The van der Waals surface area contributed by atoms with Crippen LogP contribution in [0.15, 0.2) is 48.8 Å². The lowest BCUT2D eigenvalue weighted by atomic mass is 9.82. The van der Waals surface area contributed by atoms with Gasteiger partial charge in [0.05, 0.1) is 17.6 Å². The molecule has 1 aromatic heterocycles. The summed E-state index contributed by atoms with van der Waals surface area (Å²) in [5.41, 5.74) is 2.87. The van der Waals surface area contributed by atoms with E-state index in [1.165, 1.54) is 5.56 Å². The van der Waals surface area contributed by atoms with Crippen LogP contribution < -0.4 is 5.32 Å². The van der Waals surface area contributed by atoms with E-state index in [1.54, 1.807) is 12.4 Å². The molecule has 216 valence electrons. The summed E-state index contributed by atoms with van der Waals surface area (Å²) in [5.74, 6) is -5.43. The van der Waals surface area contributed by atoms with Crippen molar-refractivity contribution < 1.29 is 50.9 Å². The van der Waals surface area contributed by atoms with Gasteiger partial charge in [-0.15, -0.1) is 0 Å². The summed E-state index contributed by atoms with van der Waals surface area (Å²) in [6.45, 7) is 2.77. The van der Waals surface area contributed by atoms with Gasteiger partial charge in [0, 0.05) is 37.6 Å². The zero-order valence-corrected chi connectivity index (χ0v) is 20.7. The predicted molar refractivity (Wildman–Crippen MR) is 126 cm³/mol. The number of carboxylic acids is 2. The number of aliphatic carboxylic acids is 2. The highest BCUT2D eigenvalue weighted by atomic mass is 19.4. The number of hydrogen-bond acceptors (Lipinski definition) is 6. The number of amides is 1. The van der Waals surface area contributed by atoms with Crippen molar-refractivity contribution in [2.45, 2.75) is 49.6 Å². The van der Waals surface area contributed by atoms with Crippen LogP contribution in [0.5, 0.6) is 0 Å². The van der Waals surface area contributed by atoms with Crippen LogP contribution in [-0.4, -0.2) is 68.9 Å². The molecule has 0 saturated carbocycles. The quantitative estimate of drug-likeness (QED) is 0.469. The van der Waals surface area contributed by atoms with Crippen LogP contribution in [-0.2, 0) is 20.9 Å². The minimum atomic E-state index is -5.08. The molecule has 2 fully saturated rings. The van der Waals surface area contributed by atoms with Crippen molar-refractivity contribution in [3.05, 3.63) is 65.5 Å². The Kier molecular flexibility index (Phi) is 10.6. The Morgan fingerprint density at radius 3 is 2.02 bits per heavy atom. The number of pyridine rings is 1. The number of aromatic nitrogens is 1. The second-order valence-corrected chi connectivity index (χ2v) is 9.00. The van der Waals surface area contributed by atoms with Crippen LogP contribution in [0, 0.1) is 11.3 Å². The van der Waals surface area contributed by atoms with Crippen LogP contribution in [0.2, 0.25) is 0 Å². The van der Waals surface area contributed by atoms with Gasteiger partial charge in [-0.1, -0.05) is 12.1 Å². The molecule has 3 N–H and O–H groups in total. The van der Waals surface area contributed by atoms with E-state index in [0.717, 1.165) is 44.5 Å². The third-order valence-electron chi connectivity index (χ3n) is 6.17. The maximum absolute atomic E-state index is 12.5. The summed E-state index contributed by atoms with van der Waals surface area (Å²) in [4.78, 5) is 36.8. The van der Waals surface area contributed by atoms with Crippen molar-refractivity contribution in [1.29, 1.82) is 5.26 Å². The Morgan fingerprint density at radius 2 is 1.55 bits per heavy atom. The van der Waals surface area contributed by atoms with Gasteiger partial charge in [0.1, 0.15) is 0 Å². The Balaban J connectivity index is 0.000000333. The molecule has 2 aliphatic rings. The molecule has 0 aliphatic carbocycles. The number of nitrogens with one attached hydrogen (secondary N) is 1. The molecule has 2 aliphatic heterocycles. The van der Waals surface area contributed by atoms with Gasteiger partial charge in [-0.25, -0.2) is 9.59 Å². The molecule has 3 heterocycles. The van der Waals surface area contributed by atoms with Crippen LogP contribution in [0.4, 0.5) is 26.3 Å². The normalized spacial score (nSPS) is 18.3. The molecule has 1 amide bonds. The lowest BCUT2D eigenvalue weighted by molar-refractivity contribution is -0.193. The van der Waals surface area contributed by atoms with Crippen LogP contribution in [0.1, 0.15) is 41.9 Å². The fraction of sp³-hybridized carbons (Fsp3) is 0.400. The van der Waals surface area contributed by atoms with Crippen LogP contribution in [0.3, 0.4) is 0 Å². The van der Waals surface area contributed by atoms with E-state index in [0.29, 0.717) is 5.56 Å². The SMILES string of the molecule is N#Cc1cccc(CN2CCC3(CC2)CC(c2ccncc2)C(=O)N3)c1.O=C(O)C(F)(F)F.O=C(O)C(F)(F)F. The van der Waals surface area contributed by atoms with E-state index in [1.807, 2.05) is 30.3 Å². The highest BCUT2D eigenvalue weighted by Crippen LogP contribution is 2.39. The summed E-state index contributed by atoms with van der Waals surface area (Å²) in [6, 6.07) is 13.9. The van der Waals surface area contributed by atoms with E-state index in [2.05, 4.69) is 27.3 Å². The molecule has 1 aromatic carbocycles. The monoisotopic (exact) mass is 574 g/mol. The maximum Gasteiger partial charge on any atom is 0.490 e. The zero-order valence-electron chi connectivity index (χ0n) is 20.7. The fourth-order valence-corrected chi connectivity index (χ4v) is 4.21.